The fraction of sp³-hybridized carbons (Fsp3) is 0.545. The third kappa shape index (κ3) is 2.23. The van der Waals surface area contributed by atoms with Gasteiger partial charge in [0.1, 0.15) is 11.4 Å². The Morgan fingerprint density at radius 1 is 1.57 bits per heavy atom. The first-order chi connectivity index (χ1) is 6.79. The molecule has 2 rings (SSSR count). The van der Waals surface area contributed by atoms with Crippen LogP contribution < -0.4 is 10.1 Å². The predicted octanol–water partition coefficient (Wildman–Crippen LogP) is 1.60. The van der Waals surface area contributed by atoms with Crippen molar-refractivity contribution >= 4 is 0 Å². The zero-order valence-corrected chi connectivity index (χ0v) is 8.49. The molecule has 1 N–H and O–H groups in total. The van der Waals surface area contributed by atoms with Gasteiger partial charge in [-0.25, -0.2) is 0 Å². The molecule has 1 atom stereocenters. The largest absolute Gasteiger partial charge is 0.485 e. The number of nitrogens with zero attached hydrogens (tertiary/aromatic N) is 1. The van der Waals surface area contributed by atoms with Gasteiger partial charge in [-0.1, -0.05) is 0 Å². The van der Waals surface area contributed by atoms with Gasteiger partial charge in [0.2, 0.25) is 0 Å². The SMILES string of the molecule is CC1(Oc2cccnc2)CCCNC1. The summed E-state index contributed by atoms with van der Waals surface area (Å²) in [6, 6.07) is 3.85. The average molecular weight is 192 g/mol. The van der Waals surface area contributed by atoms with E-state index in [2.05, 4.69) is 17.2 Å². The van der Waals surface area contributed by atoms with Crippen LogP contribution in [-0.4, -0.2) is 23.7 Å². The minimum atomic E-state index is -0.0682. The smallest absolute Gasteiger partial charge is 0.138 e. The maximum absolute atomic E-state index is 5.92. The minimum Gasteiger partial charge on any atom is -0.485 e. The molecular weight excluding hydrogens is 176 g/mol. The highest BCUT2D eigenvalue weighted by atomic mass is 16.5. The molecule has 2 heterocycles. The molecule has 14 heavy (non-hydrogen) atoms. The van der Waals surface area contributed by atoms with E-state index in [1.807, 2.05) is 12.1 Å². The third-order valence-electron chi connectivity index (χ3n) is 2.56. The van der Waals surface area contributed by atoms with Crippen LogP contribution in [0.1, 0.15) is 19.8 Å². The Hall–Kier alpha value is -1.09. The molecule has 1 aromatic heterocycles. The Morgan fingerprint density at radius 3 is 3.14 bits per heavy atom. The molecule has 1 saturated heterocycles. The summed E-state index contributed by atoms with van der Waals surface area (Å²) in [4.78, 5) is 4.04. The quantitative estimate of drug-likeness (QED) is 0.773. The fourth-order valence-electron chi connectivity index (χ4n) is 1.81. The molecule has 0 saturated carbocycles. The Labute approximate surface area is 84.5 Å². The van der Waals surface area contributed by atoms with Crippen LogP contribution in [0.3, 0.4) is 0 Å². The standard InChI is InChI=1S/C11H16N2O/c1-11(5-3-7-13-9-11)14-10-4-2-6-12-8-10/h2,4,6,8,13H,3,5,7,9H2,1H3. The normalized spacial score (nSPS) is 27.2. The second-order valence-electron chi connectivity index (χ2n) is 4.02. The summed E-state index contributed by atoms with van der Waals surface area (Å²) in [6.45, 7) is 4.17. The van der Waals surface area contributed by atoms with E-state index < -0.39 is 0 Å². The number of pyridine rings is 1. The van der Waals surface area contributed by atoms with Crippen molar-refractivity contribution in [2.45, 2.75) is 25.4 Å². The van der Waals surface area contributed by atoms with Crippen LogP contribution in [-0.2, 0) is 0 Å². The van der Waals surface area contributed by atoms with Crippen LogP contribution in [0.15, 0.2) is 24.5 Å². The van der Waals surface area contributed by atoms with Crippen LogP contribution >= 0.6 is 0 Å². The molecule has 0 spiro atoms. The number of piperidine rings is 1. The summed E-state index contributed by atoms with van der Waals surface area (Å²) in [5.74, 6) is 0.860. The second kappa shape index (κ2) is 3.96. The van der Waals surface area contributed by atoms with Crippen molar-refractivity contribution in [1.29, 1.82) is 0 Å². The lowest BCUT2D eigenvalue weighted by molar-refractivity contribution is 0.0611. The number of ether oxygens (including phenoxy) is 1. The fourth-order valence-corrected chi connectivity index (χ4v) is 1.81. The Morgan fingerprint density at radius 2 is 2.50 bits per heavy atom. The summed E-state index contributed by atoms with van der Waals surface area (Å²) in [7, 11) is 0. The van der Waals surface area contributed by atoms with Crippen molar-refractivity contribution in [2.75, 3.05) is 13.1 Å². The van der Waals surface area contributed by atoms with Crippen LogP contribution in [0.2, 0.25) is 0 Å². The van der Waals surface area contributed by atoms with Crippen LogP contribution in [0.4, 0.5) is 0 Å². The van der Waals surface area contributed by atoms with E-state index in [9.17, 15) is 0 Å². The first kappa shape index (κ1) is 9.46. The maximum atomic E-state index is 5.92. The molecule has 1 aromatic rings. The van der Waals surface area contributed by atoms with Gasteiger partial charge in [0, 0.05) is 12.7 Å². The van der Waals surface area contributed by atoms with Crippen LogP contribution in [0.5, 0.6) is 5.75 Å². The molecule has 0 aliphatic carbocycles. The summed E-state index contributed by atoms with van der Waals surface area (Å²) in [6.07, 6.45) is 5.81. The van der Waals surface area contributed by atoms with E-state index >= 15 is 0 Å². The summed E-state index contributed by atoms with van der Waals surface area (Å²) >= 11 is 0. The highest BCUT2D eigenvalue weighted by Gasteiger charge is 2.28. The van der Waals surface area contributed by atoms with E-state index in [1.165, 1.54) is 6.42 Å². The zero-order valence-electron chi connectivity index (χ0n) is 8.49. The van der Waals surface area contributed by atoms with Gasteiger partial charge < -0.3 is 10.1 Å². The monoisotopic (exact) mass is 192 g/mol. The van der Waals surface area contributed by atoms with Gasteiger partial charge in [-0.15, -0.1) is 0 Å². The van der Waals surface area contributed by atoms with Crippen molar-refractivity contribution in [1.82, 2.24) is 10.3 Å². The van der Waals surface area contributed by atoms with Crippen molar-refractivity contribution < 1.29 is 4.74 Å². The van der Waals surface area contributed by atoms with E-state index in [0.717, 1.165) is 25.3 Å². The highest BCUT2D eigenvalue weighted by molar-refractivity contribution is 5.17. The second-order valence-corrected chi connectivity index (χ2v) is 4.02. The lowest BCUT2D eigenvalue weighted by atomic mass is 9.96. The minimum absolute atomic E-state index is 0.0682. The van der Waals surface area contributed by atoms with Gasteiger partial charge in [0.25, 0.3) is 0 Å². The van der Waals surface area contributed by atoms with Gasteiger partial charge in [-0.05, 0) is 38.4 Å². The lowest BCUT2D eigenvalue weighted by Crippen LogP contribution is -2.47. The Balaban J connectivity index is 2.02. The number of hydrogen-bond acceptors (Lipinski definition) is 3. The molecule has 1 fully saturated rings. The topological polar surface area (TPSA) is 34.1 Å². The summed E-state index contributed by atoms with van der Waals surface area (Å²) < 4.78 is 5.92. The Kier molecular flexibility index (Phi) is 2.68. The van der Waals surface area contributed by atoms with Crippen LogP contribution in [0.25, 0.3) is 0 Å². The molecule has 1 unspecified atom stereocenters. The van der Waals surface area contributed by atoms with Crippen molar-refractivity contribution in [3.63, 3.8) is 0 Å². The zero-order chi connectivity index (χ0) is 9.86. The highest BCUT2D eigenvalue weighted by Crippen LogP contribution is 2.23. The molecule has 1 aliphatic rings. The van der Waals surface area contributed by atoms with Crippen LogP contribution in [0, 0.1) is 0 Å². The molecular formula is C11H16N2O. The number of hydrogen-bond donors (Lipinski definition) is 1. The first-order valence-corrected chi connectivity index (χ1v) is 5.08. The molecule has 0 aromatic carbocycles. The first-order valence-electron chi connectivity index (χ1n) is 5.08. The molecule has 3 heteroatoms. The van der Waals surface area contributed by atoms with Crippen molar-refractivity contribution in [3.8, 4) is 5.75 Å². The summed E-state index contributed by atoms with van der Waals surface area (Å²) in [5.41, 5.74) is -0.0682. The van der Waals surface area contributed by atoms with Gasteiger partial charge in [0.15, 0.2) is 0 Å². The molecule has 0 amide bonds. The van der Waals surface area contributed by atoms with E-state index in [0.29, 0.717) is 0 Å². The predicted molar refractivity (Wildman–Crippen MR) is 55.4 cm³/mol. The van der Waals surface area contributed by atoms with Crippen molar-refractivity contribution in [2.24, 2.45) is 0 Å². The molecule has 1 aliphatic heterocycles. The van der Waals surface area contributed by atoms with E-state index in [-0.39, 0.29) is 5.60 Å². The third-order valence-corrected chi connectivity index (χ3v) is 2.56. The molecule has 0 bridgehead atoms. The van der Waals surface area contributed by atoms with Crippen molar-refractivity contribution in [3.05, 3.63) is 24.5 Å². The lowest BCUT2D eigenvalue weighted by Gasteiger charge is -2.34. The number of aromatic nitrogens is 1. The van der Waals surface area contributed by atoms with Gasteiger partial charge in [-0.2, -0.15) is 0 Å². The molecule has 0 radical (unpaired) electrons. The van der Waals surface area contributed by atoms with Gasteiger partial charge in [0.05, 0.1) is 6.20 Å². The number of rotatable bonds is 2. The van der Waals surface area contributed by atoms with Gasteiger partial charge >= 0.3 is 0 Å². The van der Waals surface area contributed by atoms with E-state index in [4.69, 9.17) is 4.74 Å². The van der Waals surface area contributed by atoms with E-state index in [1.54, 1.807) is 12.4 Å². The van der Waals surface area contributed by atoms with Gasteiger partial charge in [-0.3, -0.25) is 4.98 Å². The maximum Gasteiger partial charge on any atom is 0.138 e. The summed E-state index contributed by atoms with van der Waals surface area (Å²) in [5, 5.41) is 3.35. The molecule has 3 nitrogen and oxygen atoms in total. The molecule has 76 valence electrons. The Bertz CT molecular complexity index is 281. The average Bonchev–Trinajstić information content (AvgIpc) is 2.19. The number of nitrogens with one attached hydrogen (secondary N) is 1.